The van der Waals surface area contributed by atoms with E-state index in [1.807, 2.05) is 40.8 Å². The molecule has 0 aromatic carbocycles. The number of hydrogen-bond acceptors (Lipinski definition) is 7. The van der Waals surface area contributed by atoms with Crippen LogP contribution in [0.2, 0.25) is 0 Å². The van der Waals surface area contributed by atoms with Crippen LogP contribution < -0.4 is 4.90 Å². The first-order chi connectivity index (χ1) is 14.8. The van der Waals surface area contributed by atoms with Crippen molar-refractivity contribution in [2.75, 3.05) is 38.3 Å². The second-order valence-corrected chi connectivity index (χ2v) is 7.60. The highest BCUT2D eigenvalue weighted by atomic mass is 19.4. The molecule has 3 aromatic heterocycles. The van der Waals surface area contributed by atoms with E-state index in [1.54, 1.807) is 0 Å². The van der Waals surface area contributed by atoms with Crippen molar-refractivity contribution < 1.29 is 17.9 Å². The lowest BCUT2D eigenvalue weighted by Gasteiger charge is -2.28. The highest BCUT2D eigenvalue weighted by molar-refractivity contribution is 5.83. The van der Waals surface area contributed by atoms with Crippen LogP contribution in [0.15, 0.2) is 18.7 Å². The number of aromatic nitrogens is 6. The van der Waals surface area contributed by atoms with Crippen LogP contribution in [-0.2, 0) is 30.9 Å². The quantitative estimate of drug-likeness (QED) is 0.559. The molecule has 12 heteroatoms. The first kappa shape index (κ1) is 21.5. The summed E-state index contributed by atoms with van der Waals surface area (Å²) in [6.45, 7) is 4.92. The molecule has 3 aromatic rings. The van der Waals surface area contributed by atoms with E-state index in [1.165, 1.54) is 6.33 Å². The van der Waals surface area contributed by atoms with Gasteiger partial charge in [-0.2, -0.15) is 18.3 Å². The summed E-state index contributed by atoms with van der Waals surface area (Å²) < 4.78 is 47.4. The van der Waals surface area contributed by atoms with Gasteiger partial charge in [-0.1, -0.05) is 0 Å². The van der Waals surface area contributed by atoms with Crippen molar-refractivity contribution in [2.45, 2.75) is 39.3 Å². The molecule has 4 rings (SSSR count). The molecule has 0 aliphatic carbocycles. The van der Waals surface area contributed by atoms with E-state index < -0.39 is 12.7 Å². The molecule has 0 amide bonds. The molecule has 1 fully saturated rings. The van der Waals surface area contributed by atoms with Crippen LogP contribution in [0.1, 0.15) is 18.3 Å². The molecule has 1 aliphatic heterocycles. The molecular weight excluding hydrogens is 413 g/mol. The Balaban J connectivity index is 1.63. The fourth-order valence-electron chi connectivity index (χ4n) is 3.62. The third kappa shape index (κ3) is 5.13. The number of hydrogen-bond donors (Lipinski definition) is 0. The smallest absolute Gasteiger partial charge is 0.378 e. The number of halogens is 3. The monoisotopic (exact) mass is 438 g/mol. The predicted octanol–water partition coefficient (Wildman–Crippen LogP) is 2.07. The number of aryl methyl sites for hydroxylation is 1. The fourth-order valence-corrected chi connectivity index (χ4v) is 3.62. The van der Waals surface area contributed by atoms with E-state index in [4.69, 9.17) is 4.74 Å². The van der Waals surface area contributed by atoms with Crippen LogP contribution in [0.5, 0.6) is 0 Å². The number of imidazole rings is 1. The summed E-state index contributed by atoms with van der Waals surface area (Å²) in [4.78, 5) is 17.3. The van der Waals surface area contributed by atoms with Gasteiger partial charge in [-0.15, -0.1) is 0 Å². The molecule has 9 nitrogen and oxygen atoms in total. The molecular formula is C19H25F3N8O. The SMILES string of the molecule is CCn1cc(CN(C)Cc2nc(N3CCOCC3)c3ncn(CC(F)(F)F)c3n2)cn1. The molecule has 0 spiro atoms. The fraction of sp³-hybridized carbons (Fsp3) is 0.579. The molecule has 0 atom stereocenters. The van der Waals surface area contributed by atoms with Crippen molar-refractivity contribution in [3.8, 4) is 0 Å². The number of anilines is 1. The zero-order valence-corrected chi connectivity index (χ0v) is 17.5. The minimum atomic E-state index is -4.37. The van der Waals surface area contributed by atoms with Gasteiger partial charge in [0.05, 0.1) is 32.3 Å². The van der Waals surface area contributed by atoms with E-state index in [2.05, 4.69) is 20.1 Å². The largest absolute Gasteiger partial charge is 0.406 e. The maximum Gasteiger partial charge on any atom is 0.406 e. The third-order valence-electron chi connectivity index (χ3n) is 5.03. The second-order valence-electron chi connectivity index (χ2n) is 7.60. The van der Waals surface area contributed by atoms with E-state index in [9.17, 15) is 13.2 Å². The minimum Gasteiger partial charge on any atom is -0.378 e. The van der Waals surface area contributed by atoms with Crippen molar-refractivity contribution in [3.63, 3.8) is 0 Å². The van der Waals surface area contributed by atoms with Crippen molar-refractivity contribution in [1.29, 1.82) is 0 Å². The molecule has 0 saturated carbocycles. The highest BCUT2D eigenvalue weighted by Gasteiger charge is 2.30. The van der Waals surface area contributed by atoms with Gasteiger partial charge in [-0.3, -0.25) is 9.58 Å². The van der Waals surface area contributed by atoms with Gasteiger partial charge in [0.2, 0.25) is 0 Å². The topological polar surface area (TPSA) is 77.1 Å². The summed E-state index contributed by atoms with van der Waals surface area (Å²) in [6.07, 6.45) is 0.594. The van der Waals surface area contributed by atoms with Crippen LogP contribution in [0.4, 0.5) is 19.0 Å². The zero-order chi connectivity index (χ0) is 22.0. The van der Waals surface area contributed by atoms with Crippen LogP contribution in [0.3, 0.4) is 0 Å². The van der Waals surface area contributed by atoms with Gasteiger partial charge in [0, 0.05) is 37.9 Å². The Bertz CT molecular complexity index is 1020. The van der Waals surface area contributed by atoms with Crippen LogP contribution in [0, 0.1) is 0 Å². The van der Waals surface area contributed by atoms with Crippen LogP contribution >= 0.6 is 0 Å². The number of fused-ring (bicyclic) bond motifs is 1. The van der Waals surface area contributed by atoms with E-state index in [0.29, 0.717) is 56.6 Å². The number of rotatable bonds is 7. The molecule has 0 bridgehead atoms. The van der Waals surface area contributed by atoms with Crippen LogP contribution in [-0.4, -0.2) is 73.7 Å². The first-order valence-corrected chi connectivity index (χ1v) is 10.1. The summed E-state index contributed by atoms with van der Waals surface area (Å²) in [5.74, 6) is 1.000. The molecule has 31 heavy (non-hydrogen) atoms. The minimum absolute atomic E-state index is 0.191. The van der Waals surface area contributed by atoms with Crippen molar-refractivity contribution >= 4 is 17.0 Å². The van der Waals surface area contributed by atoms with Gasteiger partial charge in [-0.05, 0) is 14.0 Å². The van der Waals surface area contributed by atoms with E-state index >= 15 is 0 Å². The van der Waals surface area contributed by atoms with Gasteiger partial charge in [0.25, 0.3) is 0 Å². The Kier molecular flexibility index (Phi) is 6.10. The number of alkyl halides is 3. The number of morpholine rings is 1. The Morgan fingerprint density at radius 1 is 1.16 bits per heavy atom. The van der Waals surface area contributed by atoms with Gasteiger partial charge < -0.3 is 14.2 Å². The molecule has 0 N–H and O–H groups in total. The average molecular weight is 438 g/mol. The van der Waals surface area contributed by atoms with Crippen molar-refractivity contribution in [3.05, 3.63) is 30.1 Å². The first-order valence-electron chi connectivity index (χ1n) is 10.1. The van der Waals surface area contributed by atoms with Gasteiger partial charge >= 0.3 is 6.18 Å². The Morgan fingerprint density at radius 2 is 1.94 bits per heavy atom. The van der Waals surface area contributed by atoms with Crippen LogP contribution in [0.25, 0.3) is 11.2 Å². The maximum absolute atomic E-state index is 13.1. The molecule has 1 aliphatic rings. The summed E-state index contributed by atoms with van der Waals surface area (Å²) in [6, 6.07) is 0. The Hall–Kier alpha value is -2.73. The maximum atomic E-state index is 13.1. The van der Waals surface area contributed by atoms with Gasteiger partial charge in [-0.25, -0.2) is 15.0 Å². The highest BCUT2D eigenvalue weighted by Crippen LogP contribution is 2.26. The Morgan fingerprint density at radius 3 is 2.61 bits per heavy atom. The van der Waals surface area contributed by atoms with E-state index in [-0.39, 0.29) is 5.65 Å². The molecule has 0 unspecified atom stereocenters. The standard InChI is InChI=1S/C19H25F3N8O/c1-3-30-10-14(8-24-30)9-27(2)11-15-25-17(28-4-6-31-7-5-28)16-18(26-15)29(13-23-16)12-19(20,21)22/h8,10,13H,3-7,9,11-12H2,1-2H3. The number of nitrogens with zero attached hydrogens (tertiary/aromatic N) is 8. The summed E-state index contributed by atoms with van der Waals surface area (Å²) in [5.41, 5.74) is 1.61. The third-order valence-corrected chi connectivity index (χ3v) is 5.03. The predicted molar refractivity (Wildman–Crippen MR) is 107 cm³/mol. The number of ether oxygens (including phenoxy) is 1. The normalized spacial score (nSPS) is 15.4. The zero-order valence-electron chi connectivity index (χ0n) is 17.5. The second kappa shape index (κ2) is 8.79. The molecule has 0 radical (unpaired) electrons. The average Bonchev–Trinajstić information content (AvgIpc) is 3.34. The van der Waals surface area contributed by atoms with Crippen molar-refractivity contribution in [2.24, 2.45) is 0 Å². The van der Waals surface area contributed by atoms with Gasteiger partial charge in [0.1, 0.15) is 12.4 Å². The summed E-state index contributed by atoms with van der Waals surface area (Å²) in [5, 5.41) is 4.27. The van der Waals surface area contributed by atoms with Crippen molar-refractivity contribution in [1.82, 2.24) is 34.2 Å². The van der Waals surface area contributed by atoms with E-state index in [0.717, 1.165) is 16.7 Å². The summed E-state index contributed by atoms with van der Waals surface area (Å²) >= 11 is 0. The lowest BCUT2D eigenvalue weighted by molar-refractivity contribution is -0.140. The lowest BCUT2D eigenvalue weighted by atomic mass is 10.3. The van der Waals surface area contributed by atoms with Gasteiger partial charge in [0.15, 0.2) is 17.0 Å². The molecule has 4 heterocycles. The molecule has 1 saturated heterocycles. The summed E-state index contributed by atoms with van der Waals surface area (Å²) in [7, 11) is 1.91. The lowest BCUT2D eigenvalue weighted by Crippen LogP contribution is -2.37. The Labute approximate surface area is 177 Å². The molecule has 168 valence electrons.